The highest BCUT2D eigenvalue weighted by Crippen LogP contribution is 2.30. The number of halogens is 1. The molecular formula is C24H42IN5O3. The third-order valence-corrected chi connectivity index (χ3v) is 6.40. The highest BCUT2D eigenvalue weighted by atomic mass is 127. The van der Waals surface area contributed by atoms with Crippen molar-refractivity contribution >= 4 is 35.6 Å². The van der Waals surface area contributed by atoms with E-state index in [1.54, 1.807) is 21.3 Å². The fourth-order valence-electron chi connectivity index (χ4n) is 4.43. The van der Waals surface area contributed by atoms with Crippen molar-refractivity contribution in [2.24, 2.45) is 10.9 Å². The van der Waals surface area contributed by atoms with Gasteiger partial charge in [0.2, 0.25) is 0 Å². The average molecular weight is 576 g/mol. The predicted molar refractivity (Wildman–Crippen MR) is 146 cm³/mol. The molecule has 0 radical (unpaired) electrons. The molecule has 2 heterocycles. The van der Waals surface area contributed by atoms with E-state index in [2.05, 4.69) is 39.5 Å². The maximum atomic E-state index is 5.44. The summed E-state index contributed by atoms with van der Waals surface area (Å²) in [5, 5.41) is 7.09. The van der Waals surface area contributed by atoms with Gasteiger partial charge in [-0.15, -0.1) is 24.0 Å². The second-order valence-corrected chi connectivity index (χ2v) is 8.64. The predicted octanol–water partition coefficient (Wildman–Crippen LogP) is 2.81. The number of hydrogen-bond acceptors (Lipinski definition) is 6. The first-order valence-electron chi connectivity index (χ1n) is 11.9. The molecule has 0 amide bonds. The Morgan fingerprint density at radius 1 is 1.03 bits per heavy atom. The van der Waals surface area contributed by atoms with Gasteiger partial charge in [0.05, 0.1) is 20.8 Å². The Bertz CT molecular complexity index is 706. The molecule has 0 bridgehead atoms. The summed E-state index contributed by atoms with van der Waals surface area (Å²) in [5.74, 6) is 3.23. The maximum Gasteiger partial charge on any atom is 0.191 e. The van der Waals surface area contributed by atoms with Crippen molar-refractivity contribution in [3.8, 4) is 11.5 Å². The van der Waals surface area contributed by atoms with Gasteiger partial charge in [0.1, 0.15) is 11.5 Å². The van der Waals surface area contributed by atoms with Crippen LogP contribution in [-0.2, 0) is 4.74 Å². The van der Waals surface area contributed by atoms with Crippen LogP contribution in [0.3, 0.4) is 0 Å². The molecule has 1 aromatic carbocycles. The minimum Gasteiger partial charge on any atom is -0.497 e. The summed E-state index contributed by atoms with van der Waals surface area (Å²) < 4.78 is 16.1. The second-order valence-electron chi connectivity index (χ2n) is 8.64. The van der Waals surface area contributed by atoms with Crippen molar-refractivity contribution in [2.45, 2.75) is 32.2 Å². The summed E-state index contributed by atoms with van der Waals surface area (Å²) in [7, 11) is 5.15. The van der Waals surface area contributed by atoms with E-state index in [1.807, 2.05) is 6.07 Å². The fourth-order valence-corrected chi connectivity index (χ4v) is 4.43. The molecule has 9 heteroatoms. The molecule has 33 heavy (non-hydrogen) atoms. The number of nitrogens with zero attached hydrogens (tertiary/aromatic N) is 3. The Balaban J connectivity index is 0.00000385. The first kappa shape index (κ1) is 27.8. The van der Waals surface area contributed by atoms with Gasteiger partial charge in [-0.25, -0.2) is 0 Å². The SMILES string of the molecule is CCNC(=NCC1CCN(CCOC)CC1)NC1CCN(c2cc(OC)cc(OC)c2)C1.I. The van der Waals surface area contributed by atoms with E-state index in [1.165, 1.54) is 12.8 Å². The van der Waals surface area contributed by atoms with Crippen LogP contribution in [0, 0.1) is 5.92 Å². The van der Waals surface area contributed by atoms with Crippen molar-refractivity contribution in [3.05, 3.63) is 18.2 Å². The van der Waals surface area contributed by atoms with E-state index in [4.69, 9.17) is 19.2 Å². The lowest BCUT2D eigenvalue weighted by molar-refractivity contribution is 0.121. The van der Waals surface area contributed by atoms with Crippen molar-refractivity contribution in [1.82, 2.24) is 15.5 Å². The standard InChI is InChI=1S/C24H41N5O3.HI/c1-5-25-24(26-17-19-6-9-28(10-7-19)12-13-30-2)27-20-8-11-29(18-20)21-14-22(31-3)16-23(15-21)32-4;/h14-16,19-20H,5-13,17-18H2,1-4H3,(H2,25,26,27);1H. The Labute approximate surface area is 216 Å². The molecule has 3 rings (SSSR count). The largest absolute Gasteiger partial charge is 0.497 e. The Morgan fingerprint density at radius 3 is 2.33 bits per heavy atom. The molecule has 2 aliphatic rings. The van der Waals surface area contributed by atoms with Gasteiger partial charge in [0.25, 0.3) is 0 Å². The van der Waals surface area contributed by atoms with Crippen LogP contribution in [0.1, 0.15) is 26.2 Å². The second kappa shape index (κ2) is 14.7. The third-order valence-electron chi connectivity index (χ3n) is 6.40. The summed E-state index contributed by atoms with van der Waals surface area (Å²) in [6.07, 6.45) is 3.49. The minimum atomic E-state index is 0. The quantitative estimate of drug-likeness (QED) is 0.253. The van der Waals surface area contributed by atoms with Crippen LogP contribution in [-0.4, -0.2) is 90.7 Å². The van der Waals surface area contributed by atoms with Crippen molar-refractivity contribution in [3.63, 3.8) is 0 Å². The van der Waals surface area contributed by atoms with Gasteiger partial charge in [0.15, 0.2) is 5.96 Å². The zero-order valence-corrected chi connectivity index (χ0v) is 23.0. The number of anilines is 1. The lowest BCUT2D eigenvalue weighted by Crippen LogP contribution is -2.45. The molecule has 8 nitrogen and oxygen atoms in total. The lowest BCUT2D eigenvalue weighted by Gasteiger charge is -2.31. The van der Waals surface area contributed by atoms with Gasteiger partial charge >= 0.3 is 0 Å². The van der Waals surface area contributed by atoms with E-state index in [0.717, 1.165) is 82.0 Å². The number of aliphatic imine (C=N–C) groups is 1. The number of likely N-dealkylation sites (tertiary alicyclic amines) is 1. The molecule has 1 unspecified atom stereocenters. The average Bonchev–Trinajstić information content (AvgIpc) is 3.30. The first-order chi connectivity index (χ1) is 15.6. The monoisotopic (exact) mass is 575 g/mol. The molecule has 2 fully saturated rings. The van der Waals surface area contributed by atoms with Crippen molar-refractivity contribution < 1.29 is 14.2 Å². The molecule has 1 aromatic rings. The molecule has 0 aromatic heterocycles. The van der Waals surface area contributed by atoms with E-state index in [9.17, 15) is 0 Å². The van der Waals surface area contributed by atoms with E-state index in [-0.39, 0.29) is 24.0 Å². The molecule has 1 atom stereocenters. The number of nitrogens with one attached hydrogen (secondary N) is 2. The fraction of sp³-hybridized carbons (Fsp3) is 0.708. The van der Waals surface area contributed by atoms with E-state index in [0.29, 0.717) is 12.0 Å². The van der Waals surface area contributed by atoms with Crippen LogP contribution in [0.2, 0.25) is 0 Å². The van der Waals surface area contributed by atoms with Gasteiger partial charge in [0, 0.05) is 69.8 Å². The number of methoxy groups -OCH3 is 3. The van der Waals surface area contributed by atoms with Crippen molar-refractivity contribution in [2.75, 3.05) is 78.6 Å². The Hall–Kier alpha value is -1.46. The summed E-state index contributed by atoms with van der Waals surface area (Å²) >= 11 is 0. The van der Waals surface area contributed by atoms with Gasteiger partial charge in [-0.05, 0) is 45.2 Å². The Kier molecular flexibility index (Phi) is 12.4. The number of rotatable bonds is 10. The first-order valence-corrected chi connectivity index (χ1v) is 11.9. The number of benzene rings is 1. The molecule has 2 N–H and O–H groups in total. The maximum absolute atomic E-state index is 5.44. The van der Waals surface area contributed by atoms with Crippen LogP contribution in [0.25, 0.3) is 0 Å². The highest BCUT2D eigenvalue weighted by molar-refractivity contribution is 14.0. The lowest BCUT2D eigenvalue weighted by atomic mass is 9.97. The molecular weight excluding hydrogens is 533 g/mol. The topological polar surface area (TPSA) is 70.6 Å². The van der Waals surface area contributed by atoms with Gasteiger partial charge in [-0.2, -0.15) is 0 Å². The zero-order chi connectivity index (χ0) is 22.8. The van der Waals surface area contributed by atoms with Crippen LogP contribution in [0.15, 0.2) is 23.2 Å². The van der Waals surface area contributed by atoms with Gasteiger partial charge < -0.3 is 34.6 Å². The number of ether oxygens (including phenoxy) is 3. The third kappa shape index (κ3) is 8.68. The molecule has 188 valence electrons. The summed E-state index contributed by atoms with van der Waals surface area (Å²) in [6, 6.07) is 6.42. The summed E-state index contributed by atoms with van der Waals surface area (Å²) in [6.45, 7) is 9.94. The van der Waals surface area contributed by atoms with Gasteiger partial charge in [-0.3, -0.25) is 4.99 Å². The molecule has 2 aliphatic heterocycles. The normalized spacial score (nSPS) is 19.8. The summed E-state index contributed by atoms with van der Waals surface area (Å²) in [5.41, 5.74) is 1.13. The summed E-state index contributed by atoms with van der Waals surface area (Å²) in [4.78, 5) is 9.80. The molecule has 0 aliphatic carbocycles. The molecule has 0 spiro atoms. The smallest absolute Gasteiger partial charge is 0.191 e. The minimum absolute atomic E-state index is 0. The van der Waals surface area contributed by atoms with Crippen LogP contribution in [0.4, 0.5) is 5.69 Å². The Morgan fingerprint density at radius 2 is 1.73 bits per heavy atom. The number of piperidine rings is 1. The van der Waals surface area contributed by atoms with Crippen LogP contribution < -0.4 is 25.0 Å². The molecule has 0 saturated carbocycles. The molecule has 2 saturated heterocycles. The number of hydrogen-bond donors (Lipinski definition) is 2. The van der Waals surface area contributed by atoms with E-state index >= 15 is 0 Å². The highest BCUT2D eigenvalue weighted by Gasteiger charge is 2.25. The van der Waals surface area contributed by atoms with Crippen LogP contribution >= 0.6 is 24.0 Å². The number of guanidine groups is 1. The van der Waals surface area contributed by atoms with E-state index < -0.39 is 0 Å². The van der Waals surface area contributed by atoms with Crippen LogP contribution in [0.5, 0.6) is 11.5 Å². The van der Waals surface area contributed by atoms with Gasteiger partial charge in [-0.1, -0.05) is 0 Å². The zero-order valence-electron chi connectivity index (χ0n) is 20.6. The van der Waals surface area contributed by atoms with Crippen molar-refractivity contribution in [1.29, 1.82) is 0 Å².